The van der Waals surface area contributed by atoms with Gasteiger partial charge in [-0.1, -0.05) is 0 Å². The predicted molar refractivity (Wildman–Crippen MR) is 77.7 cm³/mol. The fraction of sp³-hybridized carbons (Fsp3) is 0.500. The summed E-state index contributed by atoms with van der Waals surface area (Å²) in [6.07, 6.45) is 5.11. The highest BCUT2D eigenvalue weighted by molar-refractivity contribution is 7.18. The topological polar surface area (TPSA) is 78.1 Å². The van der Waals surface area contributed by atoms with E-state index in [2.05, 4.69) is 9.97 Å². The number of thiophene rings is 1. The Labute approximate surface area is 121 Å². The Morgan fingerprint density at radius 3 is 3.20 bits per heavy atom. The number of rotatable bonds is 4. The largest absolute Gasteiger partial charge is 0.384 e. The molecule has 2 aromatic heterocycles. The zero-order valence-electron chi connectivity index (χ0n) is 11.4. The van der Waals surface area contributed by atoms with E-state index in [4.69, 9.17) is 10.5 Å². The van der Waals surface area contributed by atoms with Crippen molar-refractivity contribution in [1.29, 1.82) is 0 Å². The molecule has 0 radical (unpaired) electrons. The standard InChI is InChI=1S/C14H17N3O2S/c1-19-5-4-12-16-7-10-9-3-2-8(13(15)18)6-11(9)20-14(10)17-12/h7-8H,2-6H2,1H3,(H2,15,18). The molecule has 0 spiro atoms. The minimum absolute atomic E-state index is 0.0310. The van der Waals surface area contributed by atoms with Gasteiger partial charge in [0.1, 0.15) is 10.7 Å². The molecule has 2 N–H and O–H groups in total. The summed E-state index contributed by atoms with van der Waals surface area (Å²) < 4.78 is 5.05. The van der Waals surface area contributed by atoms with Crippen molar-refractivity contribution in [3.63, 3.8) is 0 Å². The van der Waals surface area contributed by atoms with Crippen LogP contribution in [0.25, 0.3) is 10.2 Å². The third kappa shape index (κ3) is 2.41. The fourth-order valence-corrected chi connectivity index (χ4v) is 3.94. The maximum absolute atomic E-state index is 11.3. The second-order valence-electron chi connectivity index (χ2n) is 5.09. The Morgan fingerprint density at radius 1 is 1.60 bits per heavy atom. The number of nitrogens with zero attached hydrogens (tertiary/aromatic N) is 2. The van der Waals surface area contributed by atoms with E-state index in [0.717, 1.165) is 41.7 Å². The van der Waals surface area contributed by atoms with Crippen LogP contribution in [0.3, 0.4) is 0 Å². The lowest BCUT2D eigenvalue weighted by atomic mass is 9.87. The second kappa shape index (κ2) is 5.46. The maximum Gasteiger partial charge on any atom is 0.220 e. The lowest BCUT2D eigenvalue weighted by molar-refractivity contribution is -0.122. The van der Waals surface area contributed by atoms with Crippen LogP contribution in [0.2, 0.25) is 0 Å². The van der Waals surface area contributed by atoms with Gasteiger partial charge in [-0.2, -0.15) is 0 Å². The van der Waals surface area contributed by atoms with Crippen molar-refractivity contribution in [2.24, 2.45) is 11.7 Å². The van der Waals surface area contributed by atoms with Crippen LogP contribution in [0.4, 0.5) is 0 Å². The average Bonchev–Trinajstić information content (AvgIpc) is 2.81. The van der Waals surface area contributed by atoms with Gasteiger partial charge in [-0.25, -0.2) is 9.97 Å². The van der Waals surface area contributed by atoms with Crippen molar-refractivity contribution in [2.75, 3.05) is 13.7 Å². The fourth-order valence-electron chi connectivity index (χ4n) is 2.65. The molecule has 106 valence electrons. The minimum atomic E-state index is -0.194. The zero-order chi connectivity index (χ0) is 14.1. The summed E-state index contributed by atoms with van der Waals surface area (Å²) in [6, 6.07) is 0. The molecule has 5 nitrogen and oxygen atoms in total. The monoisotopic (exact) mass is 291 g/mol. The van der Waals surface area contributed by atoms with E-state index in [-0.39, 0.29) is 11.8 Å². The predicted octanol–water partition coefficient (Wildman–Crippen LogP) is 1.47. The Morgan fingerprint density at radius 2 is 2.45 bits per heavy atom. The normalized spacial score (nSPS) is 18.1. The molecule has 0 aromatic carbocycles. The third-order valence-corrected chi connectivity index (χ3v) is 4.96. The van der Waals surface area contributed by atoms with Gasteiger partial charge in [-0.15, -0.1) is 11.3 Å². The van der Waals surface area contributed by atoms with Crippen LogP contribution in [0, 0.1) is 5.92 Å². The lowest BCUT2D eigenvalue weighted by Gasteiger charge is -2.18. The van der Waals surface area contributed by atoms with Crippen molar-refractivity contribution in [1.82, 2.24) is 9.97 Å². The molecule has 0 bridgehead atoms. The first kappa shape index (κ1) is 13.5. The summed E-state index contributed by atoms with van der Waals surface area (Å²) in [7, 11) is 1.67. The molecular formula is C14H17N3O2S. The van der Waals surface area contributed by atoms with Crippen LogP contribution in [-0.4, -0.2) is 29.6 Å². The molecule has 1 amide bonds. The van der Waals surface area contributed by atoms with E-state index < -0.39 is 0 Å². The van der Waals surface area contributed by atoms with Crippen LogP contribution in [0.15, 0.2) is 6.20 Å². The Balaban J connectivity index is 1.93. The van der Waals surface area contributed by atoms with Gasteiger partial charge in [0.15, 0.2) is 0 Å². The van der Waals surface area contributed by atoms with Crippen molar-refractivity contribution in [2.45, 2.75) is 25.7 Å². The Bertz CT molecular complexity index is 653. The smallest absolute Gasteiger partial charge is 0.220 e. The van der Waals surface area contributed by atoms with Crippen molar-refractivity contribution in [3.05, 3.63) is 22.5 Å². The van der Waals surface area contributed by atoms with Gasteiger partial charge in [-0.05, 0) is 24.8 Å². The lowest BCUT2D eigenvalue weighted by Crippen LogP contribution is -2.27. The highest BCUT2D eigenvalue weighted by Crippen LogP contribution is 2.36. The van der Waals surface area contributed by atoms with Crippen LogP contribution in [0.1, 0.15) is 22.7 Å². The number of carbonyl (C=O) groups excluding carboxylic acids is 1. The van der Waals surface area contributed by atoms with E-state index in [1.165, 1.54) is 10.4 Å². The highest BCUT2D eigenvalue weighted by Gasteiger charge is 2.26. The number of primary amides is 1. The molecule has 0 saturated carbocycles. The molecule has 6 heteroatoms. The first-order chi connectivity index (χ1) is 9.69. The molecule has 0 aliphatic heterocycles. The van der Waals surface area contributed by atoms with E-state index >= 15 is 0 Å². The zero-order valence-corrected chi connectivity index (χ0v) is 12.2. The molecule has 2 heterocycles. The number of ether oxygens (including phenoxy) is 1. The van der Waals surface area contributed by atoms with E-state index in [1.807, 2.05) is 6.20 Å². The quantitative estimate of drug-likeness (QED) is 0.925. The molecule has 1 atom stereocenters. The van der Waals surface area contributed by atoms with Crippen LogP contribution in [-0.2, 0) is 28.8 Å². The van der Waals surface area contributed by atoms with Gasteiger partial charge < -0.3 is 10.5 Å². The molecule has 1 aliphatic rings. The number of hydrogen-bond donors (Lipinski definition) is 1. The molecule has 20 heavy (non-hydrogen) atoms. The summed E-state index contributed by atoms with van der Waals surface area (Å²) >= 11 is 1.67. The molecular weight excluding hydrogens is 274 g/mol. The molecule has 0 fully saturated rings. The van der Waals surface area contributed by atoms with Gasteiger partial charge >= 0.3 is 0 Å². The second-order valence-corrected chi connectivity index (χ2v) is 6.18. The molecule has 3 rings (SSSR count). The molecule has 1 unspecified atom stereocenters. The molecule has 2 aromatic rings. The number of carbonyl (C=O) groups is 1. The molecule has 1 aliphatic carbocycles. The Kier molecular flexibility index (Phi) is 3.67. The summed E-state index contributed by atoms with van der Waals surface area (Å²) in [5.41, 5.74) is 6.73. The number of aromatic nitrogens is 2. The van der Waals surface area contributed by atoms with Crippen molar-refractivity contribution >= 4 is 27.5 Å². The number of fused-ring (bicyclic) bond motifs is 3. The summed E-state index contributed by atoms with van der Waals surface area (Å²) in [5, 5.41) is 1.13. The number of amides is 1. The molecule has 0 saturated heterocycles. The van der Waals surface area contributed by atoms with Gasteiger partial charge in [-0.3, -0.25) is 4.79 Å². The first-order valence-corrected chi connectivity index (χ1v) is 7.55. The van der Waals surface area contributed by atoms with E-state index in [1.54, 1.807) is 18.4 Å². The van der Waals surface area contributed by atoms with Crippen LogP contribution in [0.5, 0.6) is 0 Å². The first-order valence-electron chi connectivity index (χ1n) is 6.73. The maximum atomic E-state index is 11.3. The third-order valence-electron chi connectivity index (χ3n) is 3.79. The number of hydrogen-bond acceptors (Lipinski definition) is 5. The summed E-state index contributed by atoms with van der Waals surface area (Å²) in [4.78, 5) is 22.6. The number of nitrogens with two attached hydrogens (primary N) is 1. The van der Waals surface area contributed by atoms with Crippen LogP contribution >= 0.6 is 11.3 Å². The number of methoxy groups -OCH3 is 1. The van der Waals surface area contributed by atoms with Gasteiger partial charge in [0.05, 0.1) is 6.61 Å². The van der Waals surface area contributed by atoms with Crippen molar-refractivity contribution in [3.8, 4) is 0 Å². The number of aryl methyl sites for hydroxylation is 1. The highest BCUT2D eigenvalue weighted by atomic mass is 32.1. The minimum Gasteiger partial charge on any atom is -0.384 e. The van der Waals surface area contributed by atoms with Gasteiger partial charge in [0.25, 0.3) is 0 Å². The Hall–Kier alpha value is -1.53. The summed E-state index contributed by atoms with van der Waals surface area (Å²) in [6.45, 7) is 0.625. The van der Waals surface area contributed by atoms with E-state index in [9.17, 15) is 4.79 Å². The van der Waals surface area contributed by atoms with Crippen molar-refractivity contribution < 1.29 is 9.53 Å². The van der Waals surface area contributed by atoms with Gasteiger partial charge in [0.2, 0.25) is 5.91 Å². The van der Waals surface area contributed by atoms with Crippen LogP contribution < -0.4 is 5.73 Å². The van der Waals surface area contributed by atoms with Gasteiger partial charge in [0, 0.05) is 35.9 Å². The summed E-state index contributed by atoms with van der Waals surface area (Å²) in [5.74, 6) is 0.584. The average molecular weight is 291 g/mol. The SMILES string of the molecule is COCCc1ncc2c3c(sc2n1)CC(C(N)=O)CC3. The van der Waals surface area contributed by atoms with E-state index in [0.29, 0.717) is 6.61 Å².